The number of fused-ring (bicyclic) bond motifs is 1. The van der Waals surface area contributed by atoms with Gasteiger partial charge in [0.1, 0.15) is 29.5 Å². The average molecular weight is 956 g/mol. The molecular weight excluding hydrogens is 897 g/mol. The molecule has 3 N–H and O–H groups in total. The molecule has 0 spiro atoms. The Labute approximate surface area is 406 Å². The van der Waals surface area contributed by atoms with Crippen molar-refractivity contribution < 1.29 is 37.8 Å². The fourth-order valence-electron chi connectivity index (χ4n) is 9.89. The lowest BCUT2D eigenvalue weighted by molar-refractivity contribution is -0.120. The number of rotatable bonds is 14. The fourth-order valence-corrected chi connectivity index (χ4v) is 9.89. The molecule has 3 saturated heterocycles. The van der Waals surface area contributed by atoms with Crippen LogP contribution in [-0.2, 0) is 29.8 Å². The molecule has 9 rings (SSSR count). The van der Waals surface area contributed by atoms with E-state index in [0.717, 1.165) is 76.1 Å². The summed E-state index contributed by atoms with van der Waals surface area (Å²) in [6, 6.07) is 19.9. The summed E-state index contributed by atoms with van der Waals surface area (Å²) in [5, 5.41) is 16.2. The highest BCUT2D eigenvalue weighted by molar-refractivity contribution is 6.07. The second kappa shape index (κ2) is 20.4. The number of carbonyl (C=O) groups excluding carboxylic acids is 4. The normalized spacial score (nSPS) is 18.1. The van der Waals surface area contributed by atoms with Crippen LogP contribution in [0.2, 0.25) is 0 Å². The molecule has 70 heavy (non-hydrogen) atoms. The maximum absolute atomic E-state index is 15.3. The molecule has 5 heterocycles. The number of carbonyl (C=O) groups is 4. The lowest BCUT2D eigenvalue weighted by Crippen LogP contribution is -2.52. The minimum atomic E-state index is -1.27. The van der Waals surface area contributed by atoms with Gasteiger partial charge in [-0.3, -0.25) is 39.3 Å². The van der Waals surface area contributed by atoms with Crippen LogP contribution in [0.5, 0.6) is 5.75 Å². The third-order valence-electron chi connectivity index (χ3n) is 14.1. The van der Waals surface area contributed by atoms with Gasteiger partial charge in [0.2, 0.25) is 5.91 Å². The molecular formula is C53H59F2N9O6. The van der Waals surface area contributed by atoms with Crippen LogP contribution >= 0.6 is 0 Å². The van der Waals surface area contributed by atoms with Crippen LogP contribution in [0.15, 0.2) is 79.1 Å². The summed E-state index contributed by atoms with van der Waals surface area (Å²) in [5.74, 6) is -1.04. The molecule has 1 aromatic heterocycles. The number of urea groups is 1. The molecule has 1 unspecified atom stereocenters. The van der Waals surface area contributed by atoms with E-state index in [9.17, 15) is 24.3 Å². The van der Waals surface area contributed by atoms with Gasteiger partial charge in [-0.15, -0.1) is 0 Å². The number of hydrogen-bond donors (Lipinski definition) is 3. The lowest BCUT2D eigenvalue weighted by Gasteiger charge is -2.38. The standard InChI is InChI=1S/C53H59F2N9O6/c1-33-37(27-46(65)40-11-10-38(28-43(40)55)53(2,3)69)25-39(54)29-41(33)49-42-30-44(58-50(42)57-32-56-49)35-7-5-34(6-8-35)31-62-19-17-60(18-20-62)15-16-61-21-23-63(24-22-61)51(67)36-9-12-47(70-4)45(26-36)64-14-13-48(66)59-52(64)68/h5-12,25-26,28-29,32,44,69H,13-24,27,30-31H2,1-4H3,(H,56,57,58)(H,59,66,68). The summed E-state index contributed by atoms with van der Waals surface area (Å²) in [7, 11) is 1.51. The van der Waals surface area contributed by atoms with Crippen molar-refractivity contribution in [3.05, 3.63) is 135 Å². The van der Waals surface area contributed by atoms with Crippen molar-refractivity contribution in [2.75, 3.05) is 89.3 Å². The highest BCUT2D eigenvalue weighted by atomic mass is 19.1. The van der Waals surface area contributed by atoms with E-state index in [4.69, 9.17) is 4.74 Å². The molecule has 0 saturated carbocycles. The Balaban J connectivity index is 0.737. The molecule has 4 aromatic carbocycles. The number of imide groups is 1. The maximum atomic E-state index is 15.3. The number of amides is 4. The summed E-state index contributed by atoms with van der Waals surface area (Å²) in [6.07, 6.45) is 2.01. The van der Waals surface area contributed by atoms with Crippen LogP contribution in [-0.4, -0.2) is 137 Å². The summed E-state index contributed by atoms with van der Waals surface area (Å²) >= 11 is 0. The van der Waals surface area contributed by atoms with Gasteiger partial charge in [0, 0.05) is 114 Å². The minimum absolute atomic E-state index is 0.0665. The number of methoxy groups -OCH3 is 1. The minimum Gasteiger partial charge on any atom is -0.495 e. The van der Waals surface area contributed by atoms with Gasteiger partial charge in [-0.25, -0.2) is 23.5 Å². The Morgan fingerprint density at radius 3 is 2.21 bits per heavy atom. The van der Waals surface area contributed by atoms with E-state index in [0.29, 0.717) is 70.3 Å². The molecule has 3 fully saturated rings. The van der Waals surface area contributed by atoms with Gasteiger partial charge in [0.25, 0.3) is 5.91 Å². The summed E-state index contributed by atoms with van der Waals surface area (Å²) in [5.41, 5.74) is 5.35. The molecule has 17 heteroatoms. The predicted octanol–water partition coefficient (Wildman–Crippen LogP) is 6.12. The zero-order valence-electron chi connectivity index (χ0n) is 40.1. The Hall–Kier alpha value is -6.66. The number of hydrogen-bond acceptors (Lipinski definition) is 12. The molecule has 5 aromatic rings. The number of benzene rings is 4. The van der Waals surface area contributed by atoms with E-state index < -0.39 is 29.0 Å². The van der Waals surface area contributed by atoms with Crippen molar-refractivity contribution in [1.82, 2.24) is 34.9 Å². The zero-order valence-corrected chi connectivity index (χ0v) is 40.1. The molecule has 0 radical (unpaired) electrons. The Morgan fingerprint density at radius 2 is 1.54 bits per heavy atom. The van der Waals surface area contributed by atoms with Crippen molar-refractivity contribution >= 4 is 35.1 Å². The second-order valence-corrected chi connectivity index (χ2v) is 19.2. The molecule has 4 amide bonds. The highest BCUT2D eigenvalue weighted by Gasteiger charge is 2.31. The SMILES string of the molecule is COc1ccc(C(=O)N2CCN(CCN3CCN(Cc4ccc(C5Cc6c(ncnc6-c6cc(F)cc(CC(=O)c7ccc(C(C)(C)O)cc7F)c6C)N5)cc4)CC3)CC2)cc1N1CCC(=O)NC1=O. The summed E-state index contributed by atoms with van der Waals surface area (Å²) in [4.78, 5) is 71.0. The largest absolute Gasteiger partial charge is 0.495 e. The van der Waals surface area contributed by atoms with Crippen molar-refractivity contribution in [3.63, 3.8) is 0 Å². The predicted molar refractivity (Wildman–Crippen MR) is 261 cm³/mol. The van der Waals surface area contributed by atoms with Gasteiger partial charge in [-0.05, 0) is 91.1 Å². The maximum Gasteiger partial charge on any atom is 0.328 e. The molecule has 4 aliphatic rings. The van der Waals surface area contributed by atoms with Crippen LogP contribution in [0.4, 0.5) is 25.1 Å². The number of nitrogens with one attached hydrogen (secondary N) is 2. The van der Waals surface area contributed by atoms with Crippen LogP contribution < -0.4 is 20.3 Å². The lowest BCUT2D eigenvalue weighted by atomic mass is 9.91. The number of anilines is 2. The zero-order chi connectivity index (χ0) is 49.3. The smallest absolute Gasteiger partial charge is 0.328 e. The van der Waals surface area contributed by atoms with E-state index in [-0.39, 0.29) is 42.8 Å². The average Bonchev–Trinajstić information content (AvgIpc) is 3.79. The van der Waals surface area contributed by atoms with Gasteiger partial charge in [0.05, 0.1) is 35.7 Å². The summed E-state index contributed by atoms with van der Waals surface area (Å²) in [6.45, 7) is 14.5. The molecule has 4 aliphatic heterocycles. The third kappa shape index (κ3) is 10.6. The number of ketones is 1. The van der Waals surface area contributed by atoms with Gasteiger partial charge in [-0.2, -0.15) is 0 Å². The van der Waals surface area contributed by atoms with Gasteiger partial charge >= 0.3 is 6.03 Å². The first kappa shape index (κ1) is 48.4. The van der Waals surface area contributed by atoms with Gasteiger partial charge in [0.15, 0.2) is 5.78 Å². The first-order valence-electron chi connectivity index (χ1n) is 23.9. The van der Waals surface area contributed by atoms with Crippen LogP contribution in [0.3, 0.4) is 0 Å². The number of piperazine rings is 2. The Morgan fingerprint density at radius 1 is 0.843 bits per heavy atom. The fraction of sp³-hybridized carbons (Fsp3) is 0.396. The Kier molecular flexibility index (Phi) is 14.1. The van der Waals surface area contributed by atoms with E-state index in [1.54, 1.807) is 32.0 Å². The number of ether oxygens (including phenoxy) is 1. The van der Waals surface area contributed by atoms with Crippen LogP contribution in [0.1, 0.15) is 80.4 Å². The van der Waals surface area contributed by atoms with E-state index in [1.807, 2.05) is 11.8 Å². The van der Waals surface area contributed by atoms with Crippen molar-refractivity contribution in [1.29, 1.82) is 0 Å². The molecule has 1 atom stereocenters. The van der Waals surface area contributed by atoms with Crippen molar-refractivity contribution in [2.45, 2.75) is 58.2 Å². The molecule has 0 aliphatic carbocycles. The number of aromatic nitrogens is 2. The molecule has 15 nitrogen and oxygen atoms in total. The van der Waals surface area contributed by atoms with Crippen LogP contribution in [0, 0.1) is 18.6 Å². The van der Waals surface area contributed by atoms with E-state index in [2.05, 4.69) is 59.6 Å². The number of nitrogens with zero attached hydrogens (tertiary/aromatic N) is 7. The first-order valence-corrected chi connectivity index (χ1v) is 23.9. The van der Waals surface area contributed by atoms with E-state index >= 15 is 8.78 Å². The second-order valence-electron chi connectivity index (χ2n) is 19.2. The Bertz CT molecular complexity index is 2800. The molecule has 366 valence electrons. The van der Waals surface area contributed by atoms with Crippen molar-refractivity contribution in [3.8, 4) is 17.0 Å². The number of aliphatic hydroxyl groups is 1. The van der Waals surface area contributed by atoms with Gasteiger partial charge < -0.3 is 20.1 Å². The van der Waals surface area contributed by atoms with Crippen molar-refractivity contribution in [2.24, 2.45) is 0 Å². The molecule has 0 bridgehead atoms. The quantitative estimate of drug-likeness (QED) is 0.110. The highest BCUT2D eigenvalue weighted by Crippen LogP contribution is 2.40. The monoisotopic (exact) mass is 955 g/mol. The summed E-state index contributed by atoms with van der Waals surface area (Å²) < 4.78 is 35.8. The topological polar surface area (TPSA) is 164 Å². The first-order chi connectivity index (χ1) is 33.6. The number of halogens is 2. The van der Waals surface area contributed by atoms with E-state index in [1.165, 1.54) is 48.2 Å². The van der Waals surface area contributed by atoms with Gasteiger partial charge in [-0.1, -0.05) is 30.3 Å². The third-order valence-corrected chi connectivity index (χ3v) is 14.1. The van der Waals surface area contributed by atoms with Crippen LogP contribution in [0.25, 0.3) is 11.3 Å². The number of Topliss-reactive ketones (excluding diaryl/α,β-unsaturated/α-hetero) is 1.